The van der Waals surface area contributed by atoms with Crippen molar-refractivity contribution in [3.63, 3.8) is 0 Å². The van der Waals surface area contributed by atoms with Crippen LogP contribution in [0.2, 0.25) is 0 Å². The Morgan fingerprint density at radius 1 is 0.365 bits per heavy atom. The molecule has 8 rings (SSSR count). The number of hydrogen-bond donors (Lipinski definition) is 17. The number of aliphatic hydroxyl groups is 9. The Bertz CT molecular complexity index is 2910. The summed E-state index contributed by atoms with van der Waals surface area (Å²) in [5.74, 6) is 0. The molecule has 0 aromatic rings. The first-order valence-electron chi connectivity index (χ1n) is 29.8. The van der Waals surface area contributed by atoms with Gasteiger partial charge in [0.15, 0.2) is 50.3 Å². The van der Waals surface area contributed by atoms with Crippen LogP contribution in [0.4, 0.5) is 0 Å². The van der Waals surface area contributed by atoms with E-state index in [1.54, 1.807) is 0 Å². The molecule has 8 aliphatic heterocycles. The van der Waals surface area contributed by atoms with Gasteiger partial charge in [0.2, 0.25) is 0 Å². The summed E-state index contributed by atoms with van der Waals surface area (Å²) >= 11 is 0. The zero-order valence-electron chi connectivity index (χ0n) is 50.6. The van der Waals surface area contributed by atoms with Gasteiger partial charge in [-0.15, -0.1) is 0 Å². The van der Waals surface area contributed by atoms with Gasteiger partial charge >= 0.3 is 41.6 Å². The first kappa shape index (κ1) is 80.0. The Kier molecular flexibility index (Phi) is 28.6. The van der Waals surface area contributed by atoms with Gasteiger partial charge in [0.05, 0.1) is 101 Å². The normalized spacial score (nSPS) is 45.0. The van der Waals surface area contributed by atoms with E-state index in [-0.39, 0.29) is 13.0 Å². The molecule has 0 aromatic heterocycles. The van der Waals surface area contributed by atoms with Gasteiger partial charge in [-0.3, -0.25) is 18.2 Å². The third-order valence-electron chi connectivity index (χ3n) is 16.4. The third-order valence-corrected chi connectivity index (χ3v) is 18.1. The minimum absolute atomic E-state index is 0.120. The molecule has 8 heterocycles. The van der Waals surface area contributed by atoms with E-state index in [9.17, 15) is 93.3 Å². The molecule has 0 amide bonds. The molecule has 8 saturated heterocycles. The molecule has 0 spiro atoms. The molecule has 8 unspecified atom stereocenters. The molecule has 0 saturated carbocycles. The van der Waals surface area contributed by atoms with Gasteiger partial charge in [0, 0.05) is 32.3 Å². The molecule has 21 N–H and O–H groups in total. The molecule has 96 heavy (non-hydrogen) atoms. The Balaban J connectivity index is 0.839. The summed E-state index contributed by atoms with van der Waals surface area (Å²) in [5, 5.41) is 99.7. The van der Waals surface area contributed by atoms with Gasteiger partial charge in [-0.1, -0.05) is 6.92 Å². The van der Waals surface area contributed by atoms with E-state index in [0.29, 0.717) is 13.0 Å². The third kappa shape index (κ3) is 22.2. The van der Waals surface area contributed by atoms with E-state index in [0.717, 1.165) is 0 Å². The fourth-order valence-corrected chi connectivity index (χ4v) is 12.5. The van der Waals surface area contributed by atoms with Gasteiger partial charge in [0.25, 0.3) is 0 Å². The van der Waals surface area contributed by atoms with Gasteiger partial charge < -0.3 is 145 Å². The van der Waals surface area contributed by atoms with Crippen molar-refractivity contribution in [3.8, 4) is 0 Å². The Labute approximate surface area is 548 Å². The molecular formula is C47H84N4O41S4. The number of hydrogen-bond acceptors (Lipinski definition) is 41. The van der Waals surface area contributed by atoms with Crippen LogP contribution >= 0.6 is 0 Å². The van der Waals surface area contributed by atoms with Crippen molar-refractivity contribution in [2.24, 2.45) is 22.9 Å². The number of nitrogens with two attached hydrogens (primary N) is 4. The van der Waals surface area contributed by atoms with Crippen LogP contribution in [0.3, 0.4) is 0 Å². The quantitative estimate of drug-likeness (QED) is 0.0309. The smallest absolute Gasteiger partial charge is 0.390 e. The van der Waals surface area contributed by atoms with Crippen molar-refractivity contribution < 1.29 is 190 Å². The fourth-order valence-electron chi connectivity index (χ4n) is 11.3. The predicted molar refractivity (Wildman–Crippen MR) is 298 cm³/mol. The number of rotatable bonds is 29. The van der Waals surface area contributed by atoms with Crippen molar-refractivity contribution >= 4 is 41.6 Å². The van der Waals surface area contributed by atoms with Gasteiger partial charge in [-0.25, -0.2) is 16.7 Å². The van der Waals surface area contributed by atoms with E-state index in [1.807, 2.05) is 6.92 Å². The molecule has 8 aliphatic rings. The lowest BCUT2D eigenvalue weighted by Gasteiger charge is -2.47. The zero-order chi connectivity index (χ0) is 70.5. The minimum atomic E-state index is -5.23. The predicted octanol–water partition coefficient (Wildman–Crippen LogP) is -11.2. The monoisotopic (exact) mass is 1490 g/mol. The summed E-state index contributed by atoms with van der Waals surface area (Å²) in [4.78, 5) is 0. The number of ether oxygens (including phenoxy) is 16. The molecule has 0 aliphatic carbocycles. The van der Waals surface area contributed by atoms with Gasteiger partial charge in [-0.05, 0) is 6.42 Å². The molecule has 49 heteroatoms. The van der Waals surface area contributed by atoms with Crippen LogP contribution in [0, 0.1) is 0 Å². The van der Waals surface area contributed by atoms with Crippen LogP contribution in [-0.2, 0) is 134 Å². The zero-order valence-corrected chi connectivity index (χ0v) is 53.8. The molecule has 0 bridgehead atoms. The molecule has 562 valence electrons. The van der Waals surface area contributed by atoms with E-state index >= 15 is 0 Å². The summed E-state index contributed by atoms with van der Waals surface area (Å²) in [6.07, 6.45) is -44.8. The molecule has 0 aromatic carbocycles. The molecular weight excluding hydrogens is 1400 g/mol. The van der Waals surface area contributed by atoms with Crippen molar-refractivity contribution in [3.05, 3.63) is 0 Å². The molecule has 8 fully saturated rings. The maximum Gasteiger partial charge on any atom is 0.397 e. The van der Waals surface area contributed by atoms with E-state index < -0.39 is 304 Å². The van der Waals surface area contributed by atoms with Crippen molar-refractivity contribution in [2.75, 3.05) is 59.5 Å². The van der Waals surface area contributed by atoms with Crippen molar-refractivity contribution in [1.82, 2.24) is 0 Å². The average molecular weight is 1490 g/mol. The Morgan fingerprint density at radius 2 is 0.615 bits per heavy atom. The van der Waals surface area contributed by atoms with Gasteiger partial charge in [0.1, 0.15) is 97.7 Å². The second kappa shape index (κ2) is 34.3. The Hall–Kier alpha value is -1.68. The van der Waals surface area contributed by atoms with Crippen LogP contribution in [0.15, 0.2) is 0 Å². The highest BCUT2D eigenvalue weighted by Gasteiger charge is 2.54. The lowest BCUT2D eigenvalue weighted by Crippen LogP contribution is -2.66. The first-order chi connectivity index (χ1) is 44.8. The maximum atomic E-state index is 11.8. The van der Waals surface area contributed by atoms with Crippen molar-refractivity contribution in [2.45, 2.75) is 236 Å². The highest BCUT2D eigenvalue weighted by atomic mass is 32.3. The van der Waals surface area contributed by atoms with Crippen LogP contribution < -0.4 is 22.9 Å². The standard InChI is InChI=1S/C47H84N4O41S4/c1-2-3-73-20-8-74-28(4-16(20)52)90-41-25(13-79-94(64,65)66)86-45(33(49)37(41)57)84-22-10-76-30(6-18(22)54)92-43-27(15-81-96(70,71)72)88-47(35(51)39(43)59)85-23-11-77-31(7-19(23)55)91-42-26(14-80-95(67,68)69)87-46(34(50)38(42)58)83-21-9-75-29(5-17(21)53)89-40-24(12-78-93(61,62)63)82-44(60)32(48)36(40)56/h16-47,52-60H,2-15,48-51H2,1H3,(H,61,62,63)(H,64,65,66)(H,67,68,69)(H,70,71,72)/t16-,17+,18-,19-,20+,21-,22-,23+,24?,25?,26?,27?,28-,29-,30-,31-,32?,33?,34?,35?,36+,37+,38+,39+,40+,41+,42+,43+,44+,45+,46+,47+/m0/s1. The van der Waals surface area contributed by atoms with Crippen LogP contribution in [-0.4, -0.2) is 354 Å². The van der Waals surface area contributed by atoms with Crippen LogP contribution in [0.1, 0.15) is 39.0 Å². The van der Waals surface area contributed by atoms with Crippen molar-refractivity contribution in [1.29, 1.82) is 0 Å². The SMILES string of the molecule is CCCO[C@@H]1CO[C@@H](O[C@@H]2C(COS(=O)(=O)O)O[C@@H](O[C@H]3CO[C@@H](O[C@@H]4C(COS(=O)(=O)O)O[C@@H](O[C@@H]5CO[C@@H](O[C@@H]6C(COS(=O)(=O)O)O[C@@H](O[C@H]7CO[C@@H](O[C@@H]8C(COS(=O)(=O)O)O[C@@H](O)C(N)[C@H]8O)C[C@H]7O)C(N)[C@H]6O)C[C@@H]5O)C(N)[C@H]4O)C[C@@H]3O)C(N)[C@H]2O)C[C@@H]1O. The summed E-state index contributed by atoms with van der Waals surface area (Å²) in [5.41, 5.74) is 24.8. The number of aliphatic hydroxyl groups excluding tert-OH is 9. The maximum absolute atomic E-state index is 11.8. The second-order valence-electron chi connectivity index (χ2n) is 23.4. The van der Waals surface area contributed by atoms with Crippen LogP contribution in [0.25, 0.3) is 0 Å². The van der Waals surface area contributed by atoms with E-state index in [1.165, 1.54) is 0 Å². The largest absolute Gasteiger partial charge is 0.397 e. The van der Waals surface area contributed by atoms with Gasteiger partial charge in [-0.2, -0.15) is 33.7 Å². The first-order valence-corrected chi connectivity index (χ1v) is 35.2. The summed E-state index contributed by atoms with van der Waals surface area (Å²) in [6.45, 7) is -3.79. The van der Waals surface area contributed by atoms with E-state index in [2.05, 4.69) is 16.7 Å². The fraction of sp³-hybridized carbons (Fsp3) is 1.00. The highest BCUT2D eigenvalue weighted by molar-refractivity contribution is 7.81. The summed E-state index contributed by atoms with van der Waals surface area (Å²) in [6, 6.07) is -6.26. The minimum Gasteiger partial charge on any atom is -0.390 e. The topological polar surface area (TPSA) is 688 Å². The van der Waals surface area contributed by atoms with E-state index in [4.69, 9.17) is 103 Å². The summed E-state index contributed by atoms with van der Waals surface area (Å²) < 4.78 is 240. The molecule has 0 radical (unpaired) electrons. The second-order valence-corrected chi connectivity index (χ2v) is 27.8. The Morgan fingerprint density at radius 3 is 0.865 bits per heavy atom. The van der Waals surface area contributed by atoms with Crippen LogP contribution in [0.5, 0.6) is 0 Å². The summed E-state index contributed by atoms with van der Waals surface area (Å²) in [7, 11) is -20.6. The highest BCUT2D eigenvalue weighted by Crippen LogP contribution is 2.36. The average Bonchev–Trinajstić information content (AvgIpc) is 0.805. The lowest BCUT2D eigenvalue weighted by molar-refractivity contribution is -0.350. The molecule has 45 nitrogen and oxygen atoms in total. The molecule has 32 atom stereocenters. The lowest BCUT2D eigenvalue weighted by atomic mass is 9.96.